The molecule has 0 aliphatic carbocycles. The van der Waals surface area contributed by atoms with Gasteiger partial charge in [0.25, 0.3) is 5.91 Å². The number of nitrogens with zero attached hydrogens (tertiary/aromatic N) is 2. The molecule has 2 aliphatic rings. The average molecular weight is 373 g/mol. The van der Waals surface area contributed by atoms with E-state index in [4.69, 9.17) is 9.47 Å². The molecular weight excluding hydrogens is 350 g/mol. The maximum absolute atomic E-state index is 12.6. The van der Waals surface area contributed by atoms with E-state index in [0.29, 0.717) is 16.6 Å². The largest absolute Gasteiger partial charge is 0.482 e. The van der Waals surface area contributed by atoms with Gasteiger partial charge in [-0.05, 0) is 45.0 Å². The van der Waals surface area contributed by atoms with Gasteiger partial charge in [-0.1, -0.05) is 18.6 Å². The van der Waals surface area contributed by atoms with Crippen LogP contribution in [0.5, 0.6) is 11.5 Å². The first-order valence-electron chi connectivity index (χ1n) is 9.09. The summed E-state index contributed by atoms with van der Waals surface area (Å²) >= 11 is 1.45. The maximum atomic E-state index is 12.6. The molecule has 1 aromatic carbocycles. The summed E-state index contributed by atoms with van der Waals surface area (Å²) in [6, 6.07) is 7.39. The van der Waals surface area contributed by atoms with Crippen molar-refractivity contribution in [3.8, 4) is 11.5 Å². The van der Waals surface area contributed by atoms with Gasteiger partial charge < -0.3 is 9.47 Å². The summed E-state index contributed by atoms with van der Waals surface area (Å²) in [5.74, 6) is 1.03. The Morgan fingerprint density at radius 2 is 1.96 bits per heavy atom. The number of piperidine rings is 1. The number of rotatable bonds is 4. The molecule has 1 fully saturated rings. The van der Waals surface area contributed by atoms with E-state index in [0.717, 1.165) is 25.3 Å². The zero-order chi connectivity index (χ0) is 17.9. The van der Waals surface area contributed by atoms with Crippen molar-refractivity contribution >= 4 is 22.4 Å². The Hall–Kier alpha value is -2.12. The molecule has 2 aromatic rings. The van der Waals surface area contributed by atoms with Crippen LogP contribution in [-0.2, 0) is 11.3 Å². The normalized spacial score (nSPS) is 22.8. The smallest absolute Gasteiger partial charge is 0.271 e. The number of carbonyl (C=O) groups excluding carboxylic acids is 1. The second-order valence-corrected chi connectivity index (χ2v) is 7.64. The molecular formula is C19H23N3O3S. The predicted octanol–water partition coefficient (Wildman–Crippen LogP) is 3.30. The van der Waals surface area contributed by atoms with Crippen LogP contribution in [-0.4, -0.2) is 41.1 Å². The molecule has 6 nitrogen and oxygen atoms in total. The molecule has 1 N–H and O–H groups in total. The van der Waals surface area contributed by atoms with Crippen LogP contribution >= 0.6 is 11.3 Å². The number of para-hydroxylation sites is 2. The standard InChI is InChI=1S/C19H23N3O3S/c1-13-17(25-16-8-4-3-7-15(16)24-13)18(23)21-19-20-14(12-26-19)11-22-9-5-2-6-10-22/h3-4,7-8,12-13,17H,2,5-6,9-11H2,1H3,(H,20,21,23). The highest BCUT2D eigenvalue weighted by Gasteiger charge is 2.34. The van der Waals surface area contributed by atoms with Gasteiger partial charge in [0.15, 0.2) is 16.6 Å². The summed E-state index contributed by atoms with van der Waals surface area (Å²) in [5.41, 5.74) is 1.01. The monoisotopic (exact) mass is 373 g/mol. The molecule has 0 radical (unpaired) electrons. The lowest BCUT2D eigenvalue weighted by Crippen LogP contribution is -2.46. The average Bonchev–Trinajstić information content (AvgIpc) is 3.08. The lowest BCUT2D eigenvalue weighted by atomic mass is 10.1. The minimum absolute atomic E-state index is 0.231. The van der Waals surface area contributed by atoms with Crippen molar-refractivity contribution in [2.75, 3.05) is 18.4 Å². The zero-order valence-corrected chi connectivity index (χ0v) is 15.6. The SMILES string of the molecule is CC1Oc2ccccc2OC1C(=O)Nc1nc(CN2CCCCC2)cs1. The zero-order valence-electron chi connectivity index (χ0n) is 14.8. The molecule has 0 spiro atoms. The van der Waals surface area contributed by atoms with Crippen molar-refractivity contribution in [2.45, 2.75) is 44.9 Å². The van der Waals surface area contributed by atoms with Crippen LogP contribution < -0.4 is 14.8 Å². The number of nitrogens with one attached hydrogen (secondary N) is 1. The summed E-state index contributed by atoms with van der Waals surface area (Å²) in [4.78, 5) is 19.6. The van der Waals surface area contributed by atoms with Crippen LogP contribution in [0.15, 0.2) is 29.6 Å². The minimum atomic E-state index is -0.695. The highest BCUT2D eigenvalue weighted by Crippen LogP contribution is 2.33. The van der Waals surface area contributed by atoms with E-state index in [2.05, 4.69) is 15.2 Å². The number of ether oxygens (including phenoxy) is 2. The van der Waals surface area contributed by atoms with Crippen LogP contribution in [0, 0.1) is 0 Å². The summed E-state index contributed by atoms with van der Waals surface area (Å²) in [5, 5.41) is 5.50. The van der Waals surface area contributed by atoms with Crippen molar-refractivity contribution in [3.05, 3.63) is 35.3 Å². The van der Waals surface area contributed by atoms with Gasteiger partial charge in [-0.3, -0.25) is 15.0 Å². The van der Waals surface area contributed by atoms with E-state index in [-0.39, 0.29) is 12.0 Å². The van der Waals surface area contributed by atoms with Crippen molar-refractivity contribution in [2.24, 2.45) is 0 Å². The number of thiazole rings is 1. The second-order valence-electron chi connectivity index (χ2n) is 6.78. The molecule has 138 valence electrons. The first kappa shape index (κ1) is 17.3. The van der Waals surface area contributed by atoms with Crippen molar-refractivity contribution in [1.82, 2.24) is 9.88 Å². The molecule has 2 aliphatic heterocycles. The number of hydrogen-bond donors (Lipinski definition) is 1. The van der Waals surface area contributed by atoms with Gasteiger partial charge >= 0.3 is 0 Å². The van der Waals surface area contributed by atoms with Crippen molar-refractivity contribution in [3.63, 3.8) is 0 Å². The highest BCUT2D eigenvalue weighted by molar-refractivity contribution is 7.13. The van der Waals surface area contributed by atoms with Gasteiger partial charge in [-0.15, -0.1) is 11.3 Å². The molecule has 0 bridgehead atoms. The number of fused-ring (bicyclic) bond motifs is 1. The molecule has 0 saturated carbocycles. The van der Waals surface area contributed by atoms with Crippen molar-refractivity contribution < 1.29 is 14.3 Å². The van der Waals surface area contributed by atoms with Crippen LogP contribution in [0.25, 0.3) is 0 Å². The lowest BCUT2D eigenvalue weighted by molar-refractivity contribution is -0.128. The number of carbonyl (C=O) groups is 1. The summed E-state index contributed by atoms with van der Waals surface area (Å²) in [6.45, 7) is 4.94. The maximum Gasteiger partial charge on any atom is 0.271 e. The fourth-order valence-electron chi connectivity index (χ4n) is 3.37. The third-order valence-corrected chi connectivity index (χ3v) is 5.52. The Bertz CT molecular complexity index is 773. The quantitative estimate of drug-likeness (QED) is 0.891. The van der Waals surface area contributed by atoms with E-state index in [1.165, 1.54) is 30.6 Å². The Labute approximate surface area is 157 Å². The Kier molecular flexibility index (Phi) is 5.08. The van der Waals surface area contributed by atoms with E-state index in [1.807, 2.05) is 36.6 Å². The van der Waals surface area contributed by atoms with Crippen LogP contribution in [0.1, 0.15) is 31.9 Å². The number of hydrogen-bond acceptors (Lipinski definition) is 6. The Morgan fingerprint density at radius 1 is 1.23 bits per heavy atom. The Balaban J connectivity index is 1.37. The number of likely N-dealkylation sites (tertiary alicyclic amines) is 1. The first-order chi connectivity index (χ1) is 12.7. The second kappa shape index (κ2) is 7.63. The third-order valence-electron chi connectivity index (χ3n) is 4.72. The summed E-state index contributed by atoms with van der Waals surface area (Å²) < 4.78 is 11.6. The van der Waals surface area contributed by atoms with Gasteiger partial charge in [0.05, 0.1) is 5.69 Å². The van der Waals surface area contributed by atoms with Gasteiger partial charge in [0.1, 0.15) is 6.10 Å². The van der Waals surface area contributed by atoms with Gasteiger partial charge in [-0.25, -0.2) is 4.98 Å². The molecule has 1 aromatic heterocycles. The first-order valence-corrected chi connectivity index (χ1v) is 9.97. The molecule has 26 heavy (non-hydrogen) atoms. The third kappa shape index (κ3) is 3.83. The highest BCUT2D eigenvalue weighted by atomic mass is 32.1. The fraction of sp³-hybridized carbons (Fsp3) is 0.474. The Morgan fingerprint density at radius 3 is 2.73 bits per heavy atom. The fourth-order valence-corrected chi connectivity index (χ4v) is 4.07. The summed E-state index contributed by atoms with van der Waals surface area (Å²) in [6.07, 6.45) is 2.77. The van der Waals surface area contributed by atoms with Crippen LogP contribution in [0.3, 0.4) is 0 Å². The van der Waals surface area contributed by atoms with Crippen LogP contribution in [0.2, 0.25) is 0 Å². The molecule has 2 atom stereocenters. The van der Waals surface area contributed by atoms with Gasteiger partial charge in [0, 0.05) is 11.9 Å². The number of anilines is 1. The number of benzene rings is 1. The van der Waals surface area contributed by atoms with E-state index >= 15 is 0 Å². The molecule has 1 saturated heterocycles. The lowest BCUT2D eigenvalue weighted by Gasteiger charge is -2.30. The van der Waals surface area contributed by atoms with Gasteiger partial charge in [-0.2, -0.15) is 0 Å². The van der Waals surface area contributed by atoms with E-state index in [1.54, 1.807) is 0 Å². The molecule has 3 heterocycles. The number of aromatic nitrogens is 1. The number of amides is 1. The molecule has 7 heteroatoms. The molecule has 2 unspecified atom stereocenters. The predicted molar refractivity (Wildman–Crippen MR) is 101 cm³/mol. The van der Waals surface area contributed by atoms with Crippen LogP contribution in [0.4, 0.5) is 5.13 Å². The molecule has 1 amide bonds. The van der Waals surface area contributed by atoms with E-state index < -0.39 is 6.10 Å². The molecule has 4 rings (SSSR count). The minimum Gasteiger partial charge on any atom is -0.482 e. The van der Waals surface area contributed by atoms with Crippen molar-refractivity contribution in [1.29, 1.82) is 0 Å². The van der Waals surface area contributed by atoms with E-state index in [9.17, 15) is 4.79 Å². The van der Waals surface area contributed by atoms with Gasteiger partial charge in [0.2, 0.25) is 6.10 Å². The summed E-state index contributed by atoms with van der Waals surface area (Å²) in [7, 11) is 0. The topological polar surface area (TPSA) is 63.7 Å².